The van der Waals surface area contributed by atoms with Gasteiger partial charge in [0.2, 0.25) is 0 Å². The number of ether oxygens (including phenoxy) is 1. The molecule has 6 heteroatoms. The van der Waals surface area contributed by atoms with E-state index in [1.165, 1.54) is 24.0 Å². The maximum absolute atomic E-state index is 5.95. The molecule has 2 aromatic heterocycles. The van der Waals surface area contributed by atoms with Crippen molar-refractivity contribution in [2.75, 3.05) is 0 Å². The molecule has 0 bridgehead atoms. The Morgan fingerprint density at radius 3 is 2.92 bits per heavy atom. The largest absolute Gasteiger partial charge is 0.486 e. The molecule has 3 aromatic rings. The smallest absolute Gasteiger partial charge is 0.198 e. The van der Waals surface area contributed by atoms with Gasteiger partial charge >= 0.3 is 0 Å². The second-order valence-corrected chi connectivity index (χ2v) is 7.58. The average molecular weight is 369 g/mol. The van der Waals surface area contributed by atoms with Gasteiger partial charge < -0.3 is 9.15 Å². The van der Waals surface area contributed by atoms with Crippen molar-refractivity contribution >= 4 is 12.2 Å². The van der Waals surface area contributed by atoms with Crippen LogP contribution in [0.4, 0.5) is 0 Å². The zero-order valence-electron chi connectivity index (χ0n) is 15.1. The van der Waals surface area contributed by atoms with Gasteiger partial charge in [-0.1, -0.05) is 19.9 Å². The lowest BCUT2D eigenvalue weighted by molar-refractivity contribution is 0.271. The molecular weight excluding hydrogens is 346 g/mol. The first kappa shape index (κ1) is 17.1. The Morgan fingerprint density at radius 2 is 2.08 bits per heavy atom. The summed E-state index contributed by atoms with van der Waals surface area (Å²) >= 11 is 5.33. The monoisotopic (exact) mass is 369 g/mol. The molecule has 0 atom stereocenters. The lowest BCUT2D eigenvalue weighted by Gasteiger charge is -2.08. The van der Waals surface area contributed by atoms with Gasteiger partial charge in [0.25, 0.3) is 0 Å². The summed E-state index contributed by atoms with van der Waals surface area (Å²) in [4.78, 5) is 0. The third-order valence-corrected chi connectivity index (χ3v) is 4.95. The van der Waals surface area contributed by atoms with Crippen LogP contribution in [0, 0.1) is 10.7 Å². The number of aromatic nitrogens is 3. The number of hydrogen-bond acceptors (Lipinski definition) is 4. The summed E-state index contributed by atoms with van der Waals surface area (Å²) < 4.78 is 14.5. The Balaban J connectivity index is 1.48. The van der Waals surface area contributed by atoms with Crippen LogP contribution in [0.25, 0.3) is 11.6 Å². The van der Waals surface area contributed by atoms with Crippen molar-refractivity contribution in [3.63, 3.8) is 0 Å². The summed E-state index contributed by atoms with van der Waals surface area (Å²) in [6, 6.07) is 10.2. The zero-order valence-corrected chi connectivity index (χ0v) is 15.9. The molecule has 1 aliphatic rings. The van der Waals surface area contributed by atoms with Gasteiger partial charge in [0.05, 0.1) is 0 Å². The van der Waals surface area contributed by atoms with Crippen LogP contribution in [0.15, 0.2) is 34.7 Å². The van der Waals surface area contributed by atoms with Crippen LogP contribution >= 0.6 is 12.2 Å². The summed E-state index contributed by atoms with van der Waals surface area (Å²) in [5, 5.41) is 7.18. The fourth-order valence-corrected chi connectivity index (χ4v) is 3.62. The first-order chi connectivity index (χ1) is 12.6. The van der Waals surface area contributed by atoms with E-state index in [4.69, 9.17) is 21.4 Å². The number of furan rings is 1. The molecule has 0 aliphatic heterocycles. The van der Waals surface area contributed by atoms with Crippen LogP contribution in [0.2, 0.25) is 0 Å². The predicted octanol–water partition coefficient (Wildman–Crippen LogP) is 4.92. The molecule has 5 nitrogen and oxygen atoms in total. The van der Waals surface area contributed by atoms with Crippen molar-refractivity contribution < 1.29 is 9.15 Å². The molecule has 0 saturated heterocycles. The Morgan fingerprint density at radius 1 is 1.23 bits per heavy atom. The number of fused-ring (bicyclic) bond motifs is 1. The van der Waals surface area contributed by atoms with Gasteiger partial charge in [-0.2, -0.15) is 5.10 Å². The van der Waals surface area contributed by atoms with E-state index in [0.717, 1.165) is 30.3 Å². The molecule has 1 aromatic carbocycles. The van der Waals surface area contributed by atoms with Crippen molar-refractivity contribution in [3.8, 4) is 17.3 Å². The van der Waals surface area contributed by atoms with Gasteiger partial charge in [-0.15, -0.1) is 0 Å². The van der Waals surface area contributed by atoms with Crippen LogP contribution in [0.1, 0.15) is 37.2 Å². The summed E-state index contributed by atoms with van der Waals surface area (Å²) in [5.41, 5.74) is 2.86. The number of hydrogen-bond donors (Lipinski definition) is 1. The molecule has 0 amide bonds. The SMILES string of the molecule is CC(C)Cn1c(-c2ccc(COc3ccc4c(c3)CCC4)o2)n[nH]c1=S. The Hall–Kier alpha value is -2.34. The molecular formula is C20H23N3O2S. The van der Waals surface area contributed by atoms with Crippen molar-refractivity contribution in [2.45, 2.75) is 46.3 Å². The van der Waals surface area contributed by atoms with Crippen molar-refractivity contribution in [1.29, 1.82) is 0 Å². The zero-order chi connectivity index (χ0) is 18.1. The van der Waals surface area contributed by atoms with Crippen LogP contribution in [0.3, 0.4) is 0 Å². The molecule has 136 valence electrons. The highest BCUT2D eigenvalue weighted by Gasteiger charge is 2.15. The van der Waals surface area contributed by atoms with Gasteiger partial charge in [0.15, 0.2) is 16.4 Å². The minimum atomic E-state index is 0.397. The van der Waals surface area contributed by atoms with Gasteiger partial charge in [0, 0.05) is 6.54 Å². The van der Waals surface area contributed by atoms with E-state index >= 15 is 0 Å². The average Bonchev–Trinajstić information content (AvgIpc) is 3.33. The van der Waals surface area contributed by atoms with E-state index < -0.39 is 0 Å². The maximum Gasteiger partial charge on any atom is 0.198 e. The molecule has 0 saturated carbocycles. The second-order valence-electron chi connectivity index (χ2n) is 7.20. The molecule has 0 spiro atoms. The van der Waals surface area contributed by atoms with Crippen LogP contribution in [0.5, 0.6) is 5.75 Å². The summed E-state index contributed by atoms with van der Waals surface area (Å²) in [7, 11) is 0. The molecule has 0 unspecified atom stereocenters. The first-order valence-corrected chi connectivity index (χ1v) is 9.50. The lowest BCUT2D eigenvalue weighted by Crippen LogP contribution is -2.06. The van der Waals surface area contributed by atoms with Gasteiger partial charge in [0.1, 0.15) is 18.1 Å². The molecule has 1 aliphatic carbocycles. The third-order valence-electron chi connectivity index (χ3n) is 4.64. The van der Waals surface area contributed by atoms with E-state index in [-0.39, 0.29) is 0 Å². The molecule has 0 radical (unpaired) electrons. The normalized spacial score (nSPS) is 13.3. The Labute approximate surface area is 158 Å². The fourth-order valence-electron chi connectivity index (χ4n) is 3.41. The third kappa shape index (κ3) is 3.46. The van der Waals surface area contributed by atoms with E-state index in [9.17, 15) is 0 Å². The van der Waals surface area contributed by atoms with Gasteiger partial charge in [-0.05, 0) is 72.8 Å². The molecule has 1 N–H and O–H groups in total. The number of H-pyrrole nitrogens is 1. The highest BCUT2D eigenvalue weighted by atomic mass is 32.1. The Bertz CT molecular complexity index is 968. The number of rotatable bonds is 6. The quantitative estimate of drug-likeness (QED) is 0.626. The fraction of sp³-hybridized carbons (Fsp3) is 0.400. The number of benzene rings is 1. The van der Waals surface area contributed by atoms with Crippen LogP contribution in [-0.4, -0.2) is 14.8 Å². The van der Waals surface area contributed by atoms with Crippen molar-refractivity contribution in [2.24, 2.45) is 5.92 Å². The van der Waals surface area contributed by atoms with Crippen LogP contribution in [-0.2, 0) is 26.0 Å². The Kier molecular flexibility index (Phi) is 4.68. The molecule has 2 heterocycles. The summed E-state index contributed by atoms with van der Waals surface area (Å²) in [6.45, 7) is 5.49. The molecule has 0 fully saturated rings. The molecule has 26 heavy (non-hydrogen) atoms. The predicted molar refractivity (Wildman–Crippen MR) is 103 cm³/mol. The van der Waals surface area contributed by atoms with E-state index in [1.54, 1.807) is 0 Å². The minimum absolute atomic E-state index is 0.397. The van der Waals surface area contributed by atoms with E-state index in [2.05, 4.69) is 36.2 Å². The highest BCUT2D eigenvalue weighted by molar-refractivity contribution is 7.71. The lowest BCUT2D eigenvalue weighted by atomic mass is 10.1. The topological polar surface area (TPSA) is 56.0 Å². The second kappa shape index (κ2) is 7.11. The standard InChI is InChI=1S/C20H23N3O2S/c1-13(2)11-23-19(21-22-20(23)26)18-9-8-17(25-18)12-24-16-7-6-14-4-3-5-15(14)10-16/h6-10,13H,3-5,11-12H2,1-2H3,(H,22,26). The maximum atomic E-state index is 5.95. The summed E-state index contributed by atoms with van der Waals surface area (Å²) in [5.74, 6) is 3.56. The van der Waals surface area contributed by atoms with Gasteiger partial charge in [-0.25, -0.2) is 0 Å². The van der Waals surface area contributed by atoms with E-state index in [0.29, 0.717) is 23.1 Å². The number of aryl methyl sites for hydroxylation is 2. The summed E-state index contributed by atoms with van der Waals surface area (Å²) in [6.07, 6.45) is 3.57. The number of nitrogens with zero attached hydrogens (tertiary/aromatic N) is 2. The van der Waals surface area contributed by atoms with Gasteiger partial charge in [-0.3, -0.25) is 9.67 Å². The first-order valence-electron chi connectivity index (χ1n) is 9.09. The van der Waals surface area contributed by atoms with Crippen molar-refractivity contribution in [3.05, 3.63) is 52.0 Å². The minimum Gasteiger partial charge on any atom is -0.486 e. The molecule has 4 rings (SSSR count). The number of nitrogens with one attached hydrogen (secondary N) is 1. The number of aromatic amines is 1. The van der Waals surface area contributed by atoms with E-state index in [1.807, 2.05) is 22.8 Å². The highest BCUT2D eigenvalue weighted by Crippen LogP contribution is 2.27. The van der Waals surface area contributed by atoms with Crippen LogP contribution < -0.4 is 4.74 Å². The van der Waals surface area contributed by atoms with Crippen molar-refractivity contribution in [1.82, 2.24) is 14.8 Å².